The maximum atomic E-state index is 11.8. The number of fused-ring (bicyclic) bond motifs is 1. The average molecular weight is 294 g/mol. The smallest absolute Gasteiger partial charge is 0.348 e. The number of ether oxygens (including phenoxy) is 2. The number of amides is 1. The molecule has 0 radical (unpaired) electrons. The van der Waals surface area contributed by atoms with Gasteiger partial charge in [0.2, 0.25) is 0 Å². The van der Waals surface area contributed by atoms with Crippen molar-refractivity contribution in [2.75, 3.05) is 13.2 Å². The largest absolute Gasteiger partial charge is 0.478 e. The molecule has 0 fully saturated rings. The van der Waals surface area contributed by atoms with Gasteiger partial charge in [0.15, 0.2) is 12.7 Å². The summed E-state index contributed by atoms with van der Waals surface area (Å²) in [6, 6.07) is 5.12. The van der Waals surface area contributed by atoms with Crippen molar-refractivity contribution in [1.29, 1.82) is 0 Å². The van der Waals surface area contributed by atoms with Crippen LogP contribution < -0.4 is 10.1 Å². The van der Waals surface area contributed by atoms with Crippen molar-refractivity contribution in [1.82, 2.24) is 5.32 Å². The molecule has 0 saturated heterocycles. The molecule has 1 heterocycles. The summed E-state index contributed by atoms with van der Waals surface area (Å²) in [6.45, 7) is -0.280. The topological polar surface area (TPSA) is 64.6 Å². The van der Waals surface area contributed by atoms with Crippen molar-refractivity contribution < 1.29 is 19.1 Å². The Bertz CT molecular complexity index is 579. The van der Waals surface area contributed by atoms with Gasteiger partial charge in [-0.15, -0.1) is 6.42 Å². The third kappa shape index (κ3) is 3.43. The molecule has 1 atom stereocenters. The van der Waals surface area contributed by atoms with Gasteiger partial charge in [-0.25, -0.2) is 4.79 Å². The fourth-order valence-corrected chi connectivity index (χ4v) is 1.97. The van der Waals surface area contributed by atoms with Crippen LogP contribution in [0.25, 0.3) is 0 Å². The number of halogens is 1. The molecule has 0 bridgehead atoms. The van der Waals surface area contributed by atoms with E-state index in [1.54, 1.807) is 18.2 Å². The Morgan fingerprint density at radius 3 is 3.10 bits per heavy atom. The Morgan fingerprint density at radius 2 is 2.35 bits per heavy atom. The molecule has 5 nitrogen and oxygen atoms in total. The molecule has 0 aliphatic carbocycles. The summed E-state index contributed by atoms with van der Waals surface area (Å²) in [7, 11) is 0. The fourth-order valence-electron chi connectivity index (χ4n) is 1.78. The lowest BCUT2D eigenvalue weighted by atomic mass is 10.1. The summed E-state index contributed by atoms with van der Waals surface area (Å²) in [5.74, 6) is 1.81. The first-order chi connectivity index (χ1) is 9.60. The molecule has 1 amide bonds. The average Bonchev–Trinajstić information content (AvgIpc) is 2.85. The van der Waals surface area contributed by atoms with Gasteiger partial charge in [-0.1, -0.05) is 17.5 Å². The van der Waals surface area contributed by atoms with Gasteiger partial charge in [-0.05, 0) is 23.8 Å². The summed E-state index contributed by atoms with van der Waals surface area (Å²) < 4.78 is 10.3. The molecule has 20 heavy (non-hydrogen) atoms. The number of hydrogen-bond donors (Lipinski definition) is 1. The van der Waals surface area contributed by atoms with Gasteiger partial charge in [-0.2, -0.15) is 0 Å². The normalized spacial score (nSPS) is 15.7. The number of esters is 1. The maximum Gasteiger partial charge on any atom is 0.348 e. The van der Waals surface area contributed by atoms with Gasteiger partial charge in [0, 0.05) is 11.4 Å². The van der Waals surface area contributed by atoms with Crippen LogP contribution in [-0.4, -0.2) is 31.1 Å². The zero-order chi connectivity index (χ0) is 14.5. The number of carbonyl (C=O) groups excluding carboxylic acids is 2. The van der Waals surface area contributed by atoms with Gasteiger partial charge >= 0.3 is 5.97 Å². The van der Waals surface area contributed by atoms with Gasteiger partial charge < -0.3 is 14.8 Å². The molecule has 1 aliphatic heterocycles. The molecule has 104 valence electrons. The lowest BCUT2D eigenvalue weighted by Gasteiger charge is -2.10. The Kier molecular flexibility index (Phi) is 4.49. The lowest BCUT2D eigenvalue weighted by molar-refractivity contribution is -0.154. The van der Waals surface area contributed by atoms with Crippen LogP contribution in [0.1, 0.15) is 5.56 Å². The van der Waals surface area contributed by atoms with Gasteiger partial charge in [-0.3, -0.25) is 4.79 Å². The molecule has 1 aliphatic rings. The number of terminal acetylenes is 1. The van der Waals surface area contributed by atoms with Gasteiger partial charge in [0.1, 0.15) is 5.75 Å². The highest BCUT2D eigenvalue weighted by atomic mass is 35.5. The van der Waals surface area contributed by atoms with Crippen LogP contribution >= 0.6 is 11.6 Å². The van der Waals surface area contributed by atoms with Crippen molar-refractivity contribution in [3.05, 3.63) is 28.8 Å². The highest BCUT2D eigenvalue weighted by Crippen LogP contribution is 2.31. The number of rotatable bonds is 4. The van der Waals surface area contributed by atoms with Crippen LogP contribution in [0.15, 0.2) is 18.2 Å². The lowest BCUT2D eigenvalue weighted by Crippen LogP contribution is -2.33. The van der Waals surface area contributed by atoms with Crippen molar-refractivity contribution >= 4 is 23.5 Å². The van der Waals surface area contributed by atoms with E-state index < -0.39 is 18.0 Å². The van der Waals surface area contributed by atoms with E-state index in [-0.39, 0.29) is 13.2 Å². The second kappa shape index (κ2) is 6.31. The molecular weight excluding hydrogens is 282 g/mol. The van der Waals surface area contributed by atoms with Gasteiger partial charge in [0.25, 0.3) is 5.91 Å². The molecular formula is C14H12ClNO4. The second-order valence-electron chi connectivity index (χ2n) is 4.15. The maximum absolute atomic E-state index is 11.8. The van der Waals surface area contributed by atoms with E-state index in [1.807, 2.05) is 0 Å². The third-order valence-electron chi connectivity index (χ3n) is 2.69. The van der Waals surface area contributed by atoms with E-state index in [0.717, 1.165) is 5.56 Å². The number of carbonyl (C=O) groups is 2. The zero-order valence-electron chi connectivity index (χ0n) is 10.5. The molecule has 1 N–H and O–H groups in total. The molecule has 2 rings (SSSR count). The zero-order valence-corrected chi connectivity index (χ0v) is 11.3. The minimum atomic E-state index is -0.746. The monoisotopic (exact) mass is 293 g/mol. The number of hydrogen-bond acceptors (Lipinski definition) is 4. The molecule has 0 spiro atoms. The van der Waals surface area contributed by atoms with E-state index >= 15 is 0 Å². The third-order valence-corrected chi connectivity index (χ3v) is 2.93. The first-order valence-corrected chi connectivity index (χ1v) is 6.30. The van der Waals surface area contributed by atoms with Gasteiger partial charge in [0.05, 0.1) is 6.54 Å². The second-order valence-corrected chi connectivity index (χ2v) is 4.59. The van der Waals surface area contributed by atoms with Crippen LogP contribution in [0.5, 0.6) is 5.75 Å². The van der Waals surface area contributed by atoms with E-state index in [0.29, 0.717) is 17.2 Å². The highest BCUT2D eigenvalue weighted by molar-refractivity contribution is 6.30. The Balaban J connectivity index is 1.84. The van der Waals surface area contributed by atoms with E-state index in [1.165, 1.54) is 0 Å². The van der Waals surface area contributed by atoms with E-state index in [2.05, 4.69) is 11.2 Å². The minimum Gasteiger partial charge on any atom is -0.478 e. The summed E-state index contributed by atoms with van der Waals surface area (Å²) in [6.07, 6.45) is 4.62. The van der Waals surface area contributed by atoms with Crippen LogP contribution in [0.3, 0.4) is 0 Å². The van der Waals surface area contributed by atoms with Crippen LogP contribution in [-0.2, 0) is 20.7 Å². The Labute approximate surface area is 121 Å². The fraction of sp³-hybridized carbons (Fsp3) is 0.286. The van der Waals surface area contributed by atoms with Crippen molar-refractivity contribution in [2.45, 2.75) is 12.5 Å². The summed E-state index contributed by atoms with van der Waals surface area (Å²) in [5, 5.41) is 2.97. The molecule has 6 heteroatoms. The summed E-state index contributed by atoms with van der Waals surface area (Å²) in [5.41, 5.74) is 0.844. The van der Waals surface area contributed by atoms with Crippen molar-refractivity contribution in [3.8, 4) is 18.1 Å². The highest BCUT2D eigenvalue weighted by Gasteiger charge is 2.30. The SMILES string of the molecule is C#CCNC(=O)COC(=O)C1Cc2cc(Cl)ccc2O1. The molecule has 0 saturated carbocycles. The molecule has 1 unspecified atom stereocenters. The quantitative estimate of drug-likeness (QED) is 0.663. The number of nitrogens with one attached hydrogen (secondary N) is 1. The summed E-state index contributed by atoms with van der Waals surface area (Å²) >= 11 is 5.86. The molecule has 1 aromatic carbocycles. The molecule has 1 aromatic rings. The van der Waals surface area contributed by atoms with Crippen LogP contribution in [0, 0.1) is 12.3 Å². The Morgan fingerprint density at radius 1 is 1.55 bits per heavy atom. The van der Waals surface area contributed by atoms with E-state index in [9.17, 15) is 9.59 Å². The predicted molar refractivity (Wildman–Crippen MR) is 72.4 cm³/mol. The first-order valence-electron chi connectivity index (χ1n) is 5.92. The van der Waals surface area contributed by atoms with Crippen LogP contribution in [0.4, 0.5) is 0 Å². The predicted octanol–water partition coefficient (Wildman–Crippen LogP) is 0.936. The Hall–Kier alpha value is -2.19. The van der Waals surface area contributed by atoms with Crippen molar-refractivity contribution in [3.63, 3.8) is 0 Å². The van der Waals surface area contributed by atoms with E-state index in [4.69, 9.17) is 27.5 Å². The summed E-state index contributed by atoms with van der Waals surface area (Å²) in [4.78, 5) is 23.0. The van der Waals surface area contributed by atoms with Crippen LogP contribution in [0.2, 0.25) is 5.02 Å². The first kappa shape index (κ1) is 14.2. The molecule has 0 aromatic heterocycles. The number of benzene rings is 1. The standard InChI is InChI=1S/C14H12ClNO4/c1-2-5-16-13(17)8-19-14(18)12-7-9-6-10(15)3-4-11(9)20-12/h1,3-4,6,12H,5,7-8H2,(H,16,17). The minimum absolute atomic E-state index is 0.0975. The van der Waals surface area contributed by atoms with Crippen molar-refractivity contribution in [2.24, 2.45) is 0 Å².